The molecule has 4 heteroatoms. The van der Waals surface area contributed by atoms with Crippen molar-refractivity contribution < 1.29 is 9.90 Å². The van der Waals surface area contributed by atoms with E-state index in [2.05, 4.69) is 13.8 Å². The van der Waals surface area contributed by atoms with Crippen molar-refractivity contribution in [3.05, 3.63) is 0 Å². The molecule has 15 heavy (non-hydrogen) atoms. The maximum atomic E-state index is 11.0. The molecule has 1 saturated heterocycles. The minimum Gasteiger partial charge on any atom is -0.480 e. The van der Waals surface area contributed by atoms with E-state index < -0.39 is 12.0 Å². The van der Waals surface area contributed by atoms with Gasteiger partial charge in [0.15, 0.2) is 0 Å². The van der Waals surface area contributed by atoms with E-state index in [-0.39, 0.29) is 10.2 Å². The smallest absolute Gasteiger partial charge is 0.321 e. The summed E-state index contributed by atoms with van der Waals surface area (Å²) in [5.41, 5.74) is 5.44. The van der Waals surface area contributed by atoms with Gasteiger partial charge < -0.3 is 10.8 Å². The van der Waals surface area contributed by atoms with E-state index in [0.717, 1.165) is 12.2 Å². The summed E-state index contributed by atoms with van der Waals surface area (Å²) in [7, 11) is 0. The second kappa shape index (κ2) is 3.98. The first kappa shape index (κ1) is 12.8. The minimum atomic E-state index is -0.896. The summed E-state index contributed by atoms with van der Waals surface area (Å²) in [4.78, 5) is 11.0. The second-order valence-corrected chi connectivity index (χ2v) is 7.18. The molecule has 0 aromatic heterocycles. The molecule has 0 aromatic rings. The van der Waals surface area contributed by atoms with E-state index in [4.69, 9.17) is 10.8 Å². The first-order chi connectivity index (χ1) is 6.69. The van der Waals surface area contributed by atoms with Gasteiger partial charge in [-0.2, -0.15) is 11.8 Å². The Labute approximate surface area is 95.8 Å². The lowest BCUT2D eigenvalue weighted by Gasteiger charge is -2.41. The molecule has 1 aliphatic heterocycles. The van der Waals surface area contributed by atoms with Gasteiger partial charge in [0.25, 0.3) is 0 Å². The van der Waals surface area contributed by atoms with Crippen LogP contribution in [0.4, 0.5) is 0 Å². The van der Waals surface area contributed by atoms with E-state index in [1.54, 1.807) is 0 Å². The Hall–Kier alpha value is -0.220. The summed E-state index contributed by atoms with van der Waals surface area (Å²) >= 11 is 1.92. The SMILES string of the molecule is CC1(C)SCCC1C(C)(C)C(N)C(=O)O. The average Bonchev–Trinajstić information content (AvgIpc) is 2.44. The molecule has 2 unspecified atom stereocenters. The summed E-state index contributed by atoms with van der Waals surface area (Å²) < 4.78 is 0.135. The third-order valence-corrected chi connectivity index (χ3v) is 5.15. The molecule has 0 bridgehead atoms. The van der Waals surface area contributed by atoms with E-state index in [1.807, 2.05) is 25.6 Å². The van der Waals surface area contributed by atoms with Crippen molar-refractivity contribution in [3.63, 3.8) is 0 Å². The highest BCUT2D eigenvalue weighted by atomic mass is 32.2. The number of nitrogens with two attached hydrogens (primary N) is 1. The predicted octanol–water partition coefficient (Wildman–Crippen LogP) is 1.96. The molecule has 3 nitrogen and oxygen atoms in total. The Morgan fingerprint density at radius 1 is 1.60 bits per heavy atom. The molecule has 0 radical (unpaired) electrons. The second-order valence-electron chi connectivity index (χ2n) is 5.43. The Bertz CT molecular complexity index is 263. The molecule has 0 aromatic carbocycles. The zero-order chi connectivity index (χ0) is 11.9. The summed E-state index contributed by atoms with van der Waals surface area (Å²) in [5, 5.41) is 9.02. The lowest BCUT2D eigenvalue weighted by molar-refractivity contribution is -0.142. The van der Waals surface area contributed by atoms with Gasteiger partial charge in [-0.25, -0.2) is 0 Å². The van der Waals surface area contributed by atoms with Crippen LogP contribution in [-0.2, 0) is 4.79 Å². The number of hydrogen-bond donors (Lipinski definition) is 2. The van der Waals surface area contributed by atoms with Gasteiger partial charge in [-0.3, -0.25) is 4.79 Å². The molecule has 0 aliphatic carbocycles. The van der Waals surface area contributed by atoms with Crippen LogP contribution in [0.2, 0.25) is 0 Å². The van der Waals surface area contributed by atoms with Gasteiger partial charge in [0.05, 0.1) is 0 Å². The van der Waals surface area contributed by atoms with Gasteiger partial charge in [-0.1, -0.05) is 27.7 Å². The zero-order valence-electron chi connectivity index (χ0n) is 9.91. The van der Waals surface area contributed by atoms with Crippen LogP contribution in [0.25, 0.3) is 0 Å². The number of rotatable bonds is 3. The maximum Gasteiger partial charge on any atom is 0.321 e. The third kappa shape index (κ3) is 2.31. The standard InChI is InChI=1S/C11H21NO2S/c1-10(2,8(12)9(13)14)7-5-6-15-11(7,3)4/h7-8H,5-6,12H2,1-4H3,(H,13,14). The van der Waals surface area contributed by atoms with Gasteiger partial charge in [-0.05, 0) is 23.5 Å². The Kier molecular flexibility index (Phi) is 3.41. The Morgan fingerprint density at radius 2 is 2.13 bits per heavy atom. The van der Waals surface area contributed by atoms with Crippen LogP contribution < -0.4 is 5.73 Å². The van der Waals surface area contributed by atoms with Crippen LogP contribution in [0.5, 0.6) is 0 Å². The van der Waals surface area contributed by atoms with E-state index in [9.17, 15) is 4.79 Å². The fourth-order valence-corrected chi connectivity index (χ4v) is 4.19. The molecule has 0 spiro atoms. The highest BCUT2D eigenvalue weighted by molar-refractivity contribution is 8.00. The monoisotopic (exact) mass is 231 g/mol. The van der Waals surface area contributed by atoms with Crippen LogP contribution in [-0.4, -0.2) is 27.6 Å². The van der Waals surface area contributed by atoms with Gasteiger partial charge >= 0.3 is 5.97 Å². The van der Waals surface area contributed by atoms with Gasteiger partial charge in [0, 0.05) is 4.75 Å². The maximum absolute atomic E-state index is 11.0. The highest BCUT2D eigenvalue weighted by Gasteiger charge is 2.48. The number of carboxylic acids is 1. The largest absolute Gasteiger partial charge is 0.480 e. The summed E-state index contributed by atoms with van der Waals surface area (Å²) in [6.45, 7) is 8.32. The van der Waals surface area contributed by atoms with E-state index in [0.29, 0.717) is 5.92 Å². The number of thioether (sulfide) groups is 1. The molecule has 1 rings (SSSR count). The van der Waals surface area contributed by atoms with Crippen molar-refractivity contribution in [3.8, 4) is 0 Å². The quantitative estimate of drug-likeness (QED) is 0.779. The molecule has 3 N–H and O–H groups in total. The topological polar surface area (TPSA) is 63.3 Å². The molecule has 0 amide bonds. The number of hydrogen-bond acceptors (Lipinski definition) is 3. The minimum absolute atomic E-state index is 0.135. The number of aliphatic carboxylic acids is 1. The van der Waals surface area contributed by atoms with Crippen molar-refractivity contribution in [2.75, 3.05) is 5.75 Å². The van der Waals surface area contributed by atoms with Crippen LogP contribution in [0.1, 0.15) is 34.1 Å². The fraction of sp³-hybridized carbons (Fsp3) is 0.909. The van der Waals surface area contributed by atoms with Gasteiger partial charge in [0.1, 0.15) is 6.04 Å². The molecule has 2 atom stereocenters. The normalized spacial score (nSPS) is 27.7. The molecular formula is C11H21NO2S. The molecule has 0 saturated carbocycles. The lowest BCUT2D eigenvalue weighted by atomic mass is 9.67. The molecule has 1 heterocycles. The van der Waals surface area contributed by atoms with Crippen molar-refractivity contribution in [2.24, 2.45) is 17.1 Å². The molecule has 88 valence electrons. The van der Waals surface area contributed by atoms with Crippen molar-refractivity contribution in [2.45, 2.75) is 44.9 Å². The lowest BCUT2D eigenvalue weighted by Crippen LogP contribution is -2.51. The predicted molar refractivity (Wildman–Crippen MR) is 64.0 cm³/mol. The zero-order valence-corrected chi connectivity index (χ0v) is 10.7. The summed E-state index contributed by atoms with van der Waals surface area (Å²) in [6, 6.07) is -0.777. The van der Waals surface area contributed by atoms with Crippen LogP contribution in [0.15, 0.2) is 0 Å². The highest BCUT2D eigenvalue weighted by Crippen LogP contribution is 2.51. The van der Waals surface area contributed by atoms with E-state index in [1.165, 1.54) is 0 Å². The first-order valence-electron chi connectivity index (χ1n) is 5.32. The summed E-state index contributed by atoms with van der Waals surface area (Å²) in [5.74, 6) is 0.571. The van der Waals surface area contributed by atoms with Crippen molar-refractivity contribution in [1.82, 2.24) is 0 Å². The Balaban J connectivity index is 2.90. The van der Waals surface area contributed by atoms with E-state index >= 15 is 0 Å². The van der Waals surface area contributed by atoms with Gasteiger partial charge in [0.2, 0.25) is 0 Å². The molecule has 1 fully saturated rings. The number of carboxylic acid groups (broad SMARTS) is 1. The van der Waals surface area contributed by atoms with Crippen LogP contribution >= 0.6 is 11.8 Å². The van der Waals surface area contributed by atoms with Crippen molar-refractivity contribution in [1.29, 1.82) is 0 Å². The van der Waals surface area contributed by atoms with Crippen LogP contribution in [0.3, 0.4) is 0 Å². The molecular weight excluding hydrogens is 210 g/mol. The van der Waals surface area contributed by atoms with Crippen molar-refractivity contribution >= 4 is 17.7 Å². The third-order valence-electron chi connectivity index (χ3n) is 3.69. The van der Waals surface area contributed by atoms with Gasteiger partial charge in [-0.15, -0.1) is 0 Å². The average molecular weight is 231 g/mol. The van der Waals surface area contributed by atoms with Crippen LogP contribution in [0, 0.1) is 11.3 Å². The first-order valence-corrected chi connectivity index (χ1v) is 6.30. The fourth-order valence-electron chi connectivity index (χ4n) is 2.69. The Morgan fingerprint density at radius 3 is 2.47 bits per heavy atom. The number of carbonyl (C=O) groups is 1. The molecule has 1 aliphatic rings. The summed E-state index contributed by atoms with van der Waals surface area (Å²) in [6.07, 6.45) is 1.06.